The molecule has 3 N–H and O–H groups in total. The second-order valence-corrected chi connectivity index (χ2v) is 27.0. The molecule has 18 heteroatoms. The van der Waals surface area contributed by atoms with E-state index in [2.05, 4.69) is 110 Å². The predicted molar refractivity (Wildman–Crippen MR) is 307 cm³/mol. The van der Waals surface area contributed by atoms with E-state index in [1.54, 1.807) is 5.01 Å². The summed E-state index contributed by atoms with van der Waals surface area (Å²) in [5.74, 6) is 0.532. The fourth-order valence-corrected chi connectivity index (χ4v) is 15.8. The maximum atomic E-state index is 15.3. The Labute approximate surface area is 473 Å². The summed E-state index contributed by atoms with van der Waals surface area (Å²) < 4.78 is 21.4. The van der Waals surface area contributed by atoms with E-state index in [0.717, 1.165) is 139 Å². The van der Waals surface area contributed by atoms with Crippen LogP contribution in [0.2, 0.25) is 0 Å². The Morgan fingerprint density at radius 1 is 0.887 bits per heavy atom. The van der Waals surface area contributed by atoms with E-state index in [1.807, 2.05) is 0 Å². The number of ether oxygens (including phenoxy) is 3. The number of nitrogens with zero attached hydrogens (tertiary/aromatic N) is 8. The highest BCUT2D eigenvalue weighted by atomic mass is 16.5. The number of esters is 1. The lowest BCUT2D eigenvalue weighted by Crippen LogP contribution is -2.62. The van der Waals surface area contributed by atoms with Gasteiger partial charge in [0, 0.05) is 117 Å². The van der Waals surface area contributed by atoms with Crippen LogP contribution in [0.15, 0.2) is 30.5 Å². The van der Waals surface area contributed by atoms with Gasteiger partial charge in [-0.2, -0.15) is 0 Å². The normalized spacial score (nSPS) is 31.2. The first kappa shape index (κ1) is 54.4. The van der Waals surface area contributed by atoms with Gasteiger partial charge in [-0.15, -0.1) is 0 Å². The topological polar surface area (TPSA) is 179 Å². The number of piperazine rings is 1. The Kier molecular flexibility index (Phi) is 15.0. The van der Waals surface area contributed by atoms with Crippen molar-refractivity contribution in [3.8, 4) is 11.3 Å². The van der Waals surface area contributed by atoms with Crippen LogP contribution in [0.25, 0.3) is 22.2 Å². The number of anilines is 2. The van der Waals surface area contributed by atoms with Gasteiger partial charge in [0.15, 0.2) is 0 Å². The number of amides is 3. The monoisotopic (exact) mass is 1100 g/mol. The first-order valence-corrected chi connectivity index (χ1v) is 31.1. The number of aryl methyl sites for hydroxylation is 1. The molecule has 18 nitrogen and oxygen atoms in total. The summed E-state index contributed by atoms with van der Waals surface area (Å²) >= 11 is 0. The number of carbonyl (C=O) groups is 4. The summed E-state index contributed by atoms with van der Waals surface area (Å²) in [5, 5.41) is 9.63. The van der Waals surface area contributed by atoms with E-state index >= 15 is 9.59 Å². The van der Waals surface area contributed by atoms with E-state index in [-0.39, 0.29) is 72.2 Å². The lowest BCUT2D eigenvalue weighted by molar-refractivity contribution is -0.156. The molecule has 1 aromatic carbocycles. The van der Waals surface area contributed by atoms with Crippen molar-refractivity contribution < 1.29 is 33.4 Å². The maximum Gasteiger partial charge on any atom is 0.324 e. The second-order valence-electron chi connectivity index (χ2n) is 27.0. The molecule has 2 aliphatic carbocycles. The van der Waals surface area contributed by atoms with Crippen molar-refractivity contribution in [1.82, 2.24) is 45.3 Å². The number of pyridine rings is 1. The molecule has 7 saturated heterocycles. The van der Waals surface area contributed by atoms with Crippen molar-refractivity contribution in [2.45, 2.75) is 166 Å². The van der Waals surface area contributed by atoms with Gasteiger partial charge >= 0.3 is 5.97 Å². The fraction of sp³-hybridized carbons (Fsp3) is 0.726. The second kappa shape index (κ2) is 22.0. The van der Waals surface area contributed by atoms with Crippen LogP contribution >= 0.6 is 0 Å². The Bertz CT molecular complexity index is 2830. The van der Waals surface area contributed by atoms with E-state index in [4.69, 9.17) is 19.2 Å². The molecule has 1 spiro atoms. The number of rotatable bonds is 10. The first-order valence-electron chi connectivity index (χ1n) is 31.1. The molecule has 0 unspecified atom stereocenters. The SMILES string of the molecule is CCn1c(-c2cc(N3CCN4CCOC[C@@H]4C3)cnc2C(C)C)c2c3cc(ccc31)N1CCO[C@@H](C[C@H](NC(=O)[C@H](C3CCCC3)N3CC[C@]4(CCN(C(=O)[C@@H]5N[C@@H]5C5CC5)C4)C3)C(=O)N3CCC[C@H](N3)C(=O)OCC(C)(C)C2)C1. The van der Waals surface area contributed by atoms with E-state index in [9.17, 15) is 9.59 Å². The Balaban J connectivity index is 0.808. The molecule has 80 heavy (non-hydrogen) atoms. The van der Waals surface area contributed by atoms with Crippen LogP contribution in [0.1, 0.15) is 122 Å². The number of cyclic esters (lactones) is 1. The van der Waals surface area contributed by atoms with Crippen LogP contribution in [0, 0.1) is 22.7 Å². The van der Waals surface area contributed by atoms with Gasteiger partial charge in [0.05, 0.1) is 67.9 Å². The van der Waals surface area contributed by atoms with Crippen LogP contribution < -0.4 is 25.9 Å². The molecule has 9 fully saturated rings. The summed E-state index contributed by atoms with van der Waals surface area (Å²) in [7, 11) is 0. The predicted octanol–water partition coefficient (Wildman–Crippen LogP) is 5.30. The maximum absolute atomic E-state index is 15.3. The lowest BCUT2D eigenvalue weighted by Gasteiger charge is -2.44. The van der Waals surface area contributed by atoms with Crippen LogP contribution in [0.5, 0.6) is 0 Å². The van der Waals surface area contributed by atoms with Gasteiger partial charge in [-0.05, 0) is 119 Å². The van der Waals surface area contributed by atoms with Gasteiger partial charge in [0.25, 0.3) is 5.91 Å². The zero-order valence-electron chi connectivity index (χ0n) is 48.4. The van der Waals surface area contributed by atoms with Gasteiger partial charge in [-0.3, -0.25) is 44.3 Å². The van der Waals surface area contributed by atoms with Gasteiger partial charge in [-0.1, -0.05) is 40.5 Å². The summed E-state index contributed by atoms with van der Waals surface area (Å²) in [5.41, 5.74) is 10.8. The molecule has 434 valence electrons. The highest BCUT2D eigenvalue weighted by Gasteiger charge is 2.55. The van der Waals surface area contributed by atoms with Crippen molar-refractivity contribution in [2.24, 2.45) is 22.7 Å². The van der Waals surface area contributed by atoms with Gasteiger partial charge in [0.2, 0.25) is 11.8 Å². The number of benzene rings is 1. The van der Waals surface area contributed by atoms with Crippen LogP contribution in [0.3, 0.4) is 0 Å². The summed E-state index contributed by atoms with van der Waals surface area (Å²) in [6, 6.07) is 7.96. The summed E-state index contributed by atoms with van der Waals surface area (Å²) in [6.45, 7) is 22.6. The largest absolute Gasteiger partial charge is 0.464 e. The number of hydrogen-bond acceptors (Lipinski definition) is 14. The first-order chi connectivity index (χ1) is 38.7. The minimum Gasteiger partial charge on any atom is -0.464 e. The molecular formula is C62H89N11O7. The minimum absolute atomic E-state index is 0.0244. The average Bonchev–Trinajstić information content (AvgIpc) is 4.45. The molecule has 13 rings (SSSR count). The van der Waals surface area contributed by atoms with Crippen LogP contribution in [-0.2, 0) is 46.4 Å². The molecular weight excluding hydrogens is 1010 g/mol. The smallest absolute Gasteiger partial charge is 0.324 e. The Hall–Kier alpha value is -4.85. The molecule has 2 saturated carbocycles. The standard InChI is InChI=1S/C62H89N11O7/c1-6-72-51-16-15-42-28-46(51)48(56(72)47-29-43(32-63-52(47)39(2)3)68-23-22-67-24-26-78-35-44(67)33-68)31-61(4,5)38-80-60(77)49-12-9-19-73(66-49)58(75)50(30-45-34-69(42)25-27-79-45)64-57(74)55(41-10-7-8-11-41)70-20-17-62(36-70)18-21-71(37-62)59(76)54-53(65-54)40-13-14-40/h15-16,28-29,32,39-41,44-45,49-50,53-55,65-66H,6-14,17-27,30-31,33-38H2,1-5H3,(H,64,74)/t44-,45-,49-,50-,53+,54+,55-,62-/m0/s1. The van der Waals surface area contributed by atoms with E-state index in [0.29, 0.717) is 63.5 Å². The average molecular weight is 1100 g/mol. The van der Waals surface area contributed by atoms with Crippen LogP contribution in [0.4, 0.5) is 11.4 Å². The number of hydrogen-bond donors (Lipinski definition) is 3. The van der Waals surface area contributed by atoms with E-state index in [1.165, 1.54) is 29.5 Å². The Morgan fingerprint density at radius 2 is 1.71 bits per heavy atom. The molecule has 3 amide bonds. The molecule has 8 atom stereocenters. The number of carbonyl (C=O) groups excluding carboxylic acids is 4. The third-order valence-electron chi connectivity index (χ3n) is 20.3. The van der Waals surface area contributed by atoms with Crippen LogP contribution in [-0.4, -0.2) is 194 Å². The van der Waals surface area contributed by atoms with Crippen molar-refractivity contribution in [2.75, 3.05) is 108 Å². The quantitative estimate of drug-likeness (QED) is 0.176. The number of hydrazine groups is 1. The molecule has 0 radical (unpaired) electrons. The highest BCUT2D eigenvalue weighted by Crippen LogP contribution is 2.46. The minimum atomic E-state index is -0.896. The Morgan fingerprint density at radius 3 is 2.52 bits per heavy atom. The van der Waals surface area contributed by atoms with Crippen molar-refractivity contribution in [3.63, 3.8) is 0 Å². The van der Waals surface area contributed by atoms with Gasteiger partial charge < -0.3 is 38.8 Å². The third kappa shape index (κ3) is 10.8. The van der Waals surface area contributed by atoms with E-state index < -0.39 is 17.5 Å². The number of fused-ring (bicyclic) bond motifs is 7. The zero-order valence-corrected chi connectivity index (χ0v) is 48.4. The van der Waals surface area contributed by atoms with Gasteiger partial charge in [0.1, 0.15) is 18.1 Å². The molecule has 3 aromatic rings. The van der Waals surface area contributed by atoms with Crippen molar-refractivity contribution in [1.29, 1.82) is 0 Å². The number of nitrogens with one attached hydrogen (secondary N) is 3. The fourth-order valence-electron chi connectivity index (χ4n) is 15.8. The highest BCUT2D eigenvalue weighted by molar-refractivity contribution is 5.95. The number of aromatic nitrogens is 2. The van der Waals surface area contributed by atoms with Crippen molar-refractivity contribution >= 4 is 46.0 Å². The summed E-state index contributed by atoms with van der Waals surface area (Å²) in [4.78, 5) is 75.7. The molecule has 8 aliphatic heterocycles. The molecule has 10 heterocycles. The van der Waals surface area contributed by atoms with Crippen molar-refractivity contribution in [3.05, 3.63) is 41.7 Å². The van der Waals surface area contributed by atoms with Gasteiger partial charge in [-0.25, -0.2) is 5.43 Å². The number of likely N-dealkylation sites (tertiary alicyclic amines) is 2. The molecule has 10 aliphatic rings. The number of morpholine rings is 2. The molecule has 6 bridgehead atoms. The summed E-state index contributed by atoms with van der Waals surface area (Å²) in [6.07, 6.45) is 12.3. The third-order valence-corrected chi connectivity index (χ3v) is 20.3. The lowest BCUT2D eigenvalue weighted by atomic mass is 9.84. The molecule has 2 aromatic heterocycles. The zero-order chi connectivity index (χ0) is 55.0.